The number of aryl methyl sites for hydroxylation is 2. The summed E-state index contributed by atoms with van der Waals surface area (Å²) in [4.78, 5) is 12.1. The van der Waals surface area contributed by atoms with Crippen LogP contribution in [0.4, 0.5) is 14.5 Å². The maximum absolute atomic E-state index is 13.6. The molecule has 0 aliphatic rings. The molecule has 1 amide bonds. The molecule has 6 heteroatoms. The summed E-state index contributed by atoms with van der Waals surface area (Å²) in [6.07, 6.45) is -0.0914. The monoisotopic (exact) mass is 316 g/mol. The van der Waals surface area contributed by atoms with Gasteiger partial charge in [-0.25, -0.2) is 8.78 Å². The van der Waals surface area contributed by atoms with Gasteiger partial charge in [-0.15, -0.1) is 0 Å². The highest BCUT2D eigenvalue weighted by atomic mass is 19.1. The van der Waals surface area contributed by atoms with Crippen LogP contribution in [0.15, 0.2) is 34.9 Å². The van der Waals surface area contributed by atoms with Gasteiger partial charge in [0.15, 0.2) is 5.58 Å². The maximum atomic E-state index is 13.6. The Morgan fingerprint density at radius 3 is 2.78 bits per heavy atom. The summed E-state index contributed by atoms with van der Waals surface area (Å²) < 4.78 is 31.9. The number of fused-ring (bicyclic) bond motifs is 1. The van der Waals surface area contributed by atoms with Crippen molar-refractivity contribution in [2.75, 3.05) is 5.32 Å². The van der Waals surface area contributed by atoms with Gasteiger partial charge in [-0.2, -0.15) is 0 Å². The van der Waals surface area contributed by atoms with E-state index in [-0.39, 0.29) is 12.1 Å². The summed E-state index contributed by atoms with van der Waals surface area (Å²) >= 11 is 0. The zero-order valence-electron chi connectivity index (χ0n) is 12.6. The van der Waals surface area contributed by atoms with Crippen molar-refractivity contribution in [3.63, 3.8) is 0 Å². The number of hydrogen-bond acceptors (Lipinski definition) is 3. The molecule has 118 valence electrons. The molecule has 0 saturated heterocycles. The predicted molar refractivity (Wildman–Crippen MR) is 82.2 cm³/mol. The summed E-state index contributed by atoms with van der Waals surface area (Å²) in [5, 5.41) is 7.01. The van der Waals surface area contributed by atoms with Crippen LogP contribution in [0.25, 0.3) is 11.0 Å². The number of aromatic nitrogens is 1. The molecule has 0 atom stereocenters. The van der Waals surface area contributed by atoms with E-state index in [0.717, 1.165) is 34.7 Å². The molecule has 3 rings (SSSR count). The number of benzene rings is 2. The zero-order valence-corrected chi connectivity index (χ0v) is 12.6. The van der Waals surface area contributed by atoms with Crippen LogP contribution in [0, 0.1) is 25.5 Å². The Balaban J connectivity index is 1.85. The minimum Gasteiger partial charge on any atom is -0.356 e. The quantitative estimate of drug-likeness (QED) is 0.797. The van der Waals surface area contributed by atoms with Gasteiger partial charge in [0, 0.05) is 11.5 Å². The lowest BCUT2D eigenvalue weighted by atomic mass is 10.1. The normalized spacial score (nSPS) is 11.0. The third kappa shape index (κ3) is 3.06. The molecule has 1 N–H and O–H groups in total. The number of rotatable bonds is 3. The Bertz CT molecular complexity index is 903. The highest BCUT2D eigenvalue weighted by molar-refractivity contribution is 5.95. The van der Waals surface area contributed by atoms with Crippen molar-refractivity contribution in [1.82, 2.24) is 5.16 Å². The third-order valence-electron chi connectivity index (χ3n) is 3.51. The van der Waals surface area contributed by atoms with Crippen LogP contribution in [0.2, 0.25) is 0 Å². The highest BCUT2D eigenvalue weighted by Crippen LogP contribution is 2.24. The van der Waals surface area contributed by atoms with E-state index in [9.17, 15) is 13.6 Å². The number of carbonyl (C=O) groups is 1. The number of anilines is 1. The number of carbonyl (C=O) groups excluding carboxylic acids is 1. The molecule has 0 bridgehead atoms. The molecule has 0 aliphatic heterocycles. The largest absolute Gasteiger partial charge is 0.356 e. The van der Waals surface area contributed by atoms with E-state index in [2.05, 4.69) is 10.5 Å². The van der Waals surface area contributed by atoms with E-state index >= 15 is 0 Å². The second-order valence-electron chi connectivity index (χ2n) is 5.44. The van der Waals surface area contributed by atoms with E-state index in [1.165, 1.54) is 0 Å². The van der Waals surface area contributed by atoms with Crippen molar-refractivity contribution >= 4 is 22.6 Å². The fourth-order valence-electron chi connectivity index (χ4n) is 2.51. The van der Waals surface area contributed by atoms with Gasteiger partial charge in [0.05, 0.1) is 12.1 Å². The summed E-state index contributed by atoms with van der Waals surface area (Å²) in [6.45, 7) is 3.83. The lowest BCUT2D eigenvalue weighted by molar-refractivity contribution is -0.115. The van der Waals surface area contributed by atoms with E-state index in [0.29, 0.717) is 11.3 Å². The Hall–Kier alpha value is -2.76. The summed E-state index contributed by atoms with van der Waals surface area (Å²) in [6, 6.07) is 6.72. The third-order valence-corrected chi connectivity index (χ3v) is 3.51. The molecule has 0 unspecified atom stereocenters. The van der Waals surface area contributed by atoms with E-state index in [1.807, 2.05) is 26.0 Å². The second-order valence-corrected chi connectivity index (χ2v) is 5.44. The molecular formula is C17H14F2N2O2. The first-order chi connectivity index (χ1) is 10.9. The molecule has 1 aromatic heterocycles. The number of nitrogens with zero attached hydrogens (tertiary/aromatic N) is 1. The molecule has 0 radical (unpaired) electrons. The van der Waals surface area contributed by atoms with Crippen LogP contribution in [-0.4, -0.2) is 11.1 Å². The standard InChI is InChI=1S/C17H14F2N2O2/c1-9-5-10(2)17-12(6-9)14(21-23-17)8-16(22)20-15-7-11(18)3-4-13(15)19/h3-7H,8H2,1-2H3,(H,20,22). The van der Waals surface area contributed by atoms with Crippen molar-refractivity contribution in [1.29, 1.82) is 0 Å². The minimum atomic E-state index is -0.698. The molecule has 1 heterocycles. The van der Waals surface area contributed by atoms with Gasteiger partial charge in [-0.1, -0.05) is 11.2 Å². The molecule has 2 aromatic carbocycles. The molecule has 3 aromatic rings. The molecule has 0 saturated carbocycles. The average molecular weight is 316 g/mol. The van der Waals surface area contributed by atoms with Gasteiger partial charge in [0.25, 0.3) is 0 Å². The highest BCUT2D eigenvalue weighted by Gasteiger charge is 2.15. The smallest absolute Gasteiger partial charge is 0.230 e. The van der Waals surface area contributed by atoms with Crippen molar-refractivity contribution in [2.45, 2.75) is 20.3 Å². The fourth-order valence-corrected chi connectivity index (χ4v) is 2.51. The van der Waals surface area contributed by atoms with Gasteiger partial charge >= 0.3 is 0 Å². The molecule has 0 fully saturated rings. The first-order valence-corrected chi connectivity index (χ1v) is 7.04. The average Bonchev–Trinajstić information content (AvgIpc) is 2.86. The van der Waals surface area contributed by atoms with Gasteiger partial charge in [-0.05, 0) is 43.2 Å². The van der Waals surface area contributed by atoms with Crippen LogP contribution in [0.1, 0.15) is 16.8 Å². The zero-order chi connectivity index (χ0) is 16.6. The molecule has 23 heavy (non-hydrogen) atoms. The Morgan fingerprint density at radius 2 is 2.00 bits per heavy atom. The minimum absolute atomic E-state index is 0.0914. The van der Waals surface area contributed by atoms with Crippen LogP contribution in [-0.2, 0) is 11.2 Å². The van der Waals surface area contributed by atoms with Crippen molar-refractivity contribution < 1.29 is 18.1 Å². The van der Waals surface area contributed by atoms with Crippen LogP contribution in [0.3, 0.4) is 0 Å². The fraction of sp³-hybridized carbons (Fsp3) is 0.176. The van der Waals surface area contributed by atoms with Gasteiger partial charge in [-0.3, -0.25) is 4.79 Å². The predicted octanol–water partition coefficient (Wildman–Crippen LogP) is 3.90. The van der Waals surface area contributed by atoms with Crippen molar-refractivity contribution in [3.8, 4) is 0 Å². The maximum Gasteiger partial charge on any atom is 0.230 e. The lowest BCUT2D eigenvalue weighted by Crippen LogP contribution is -2.15. The van der Waals surface area contributed by atoms with Gasteiger partial charge in [0.1, 0.15) is 17.3 Å². The summed E-state index contributed by atoms with van der Waals surface area (Å²) in [5.41, 5.74) is 2.83. The first kappa shape index (κ1) is 15.1. The number of hydrogen-bond donors (Lipinski definition) is 1. The SMILES string of the molecule is Cc1cc(C)c2onc(CC(=O)Nc3cc(F)ccc3F)c2c1. The Morgan fingerprint density at radius 1 is 1.22 bits per heavy atom. The summed E-state index contributed by atoms with van der Waals surface area (Å²) in [5.74, 6) is -1.82. The van der Waals surface area contributed by atoms with Gasteiger partial charge < -0.3 is 9.84 Å². The Kier molecular flexibility index (Phi) is 3.82. The molecule has 0 aliphatic carbocycles. The topological polar surface area (TPSA) is 55.1 Å². The number of nitrogens with one attached hydrogen (secondary N) is 1. The Labute approximate surface area is 131 Å². The van der Waals surface area contributed by atoms with E-state index in [4.69, 9.17) is 4.52 Å². The van der Waals surface area contributed by atoms with E-state index in [1.54, 1.807) is 0 Å². The molecule has 4 nitrogen and oxygen atoms in total. The molecule has 0 spiro atoms. The summed E-state index contributed by atoms with van der Waals surface area (Å²) in [7, 11) is 0. The van der Waals surface area contributed by atoms with Crippen molar-refractivity contribution in [3.05, 3.63) is 58.8 Å². The van der Waals surface area contributed by atoms with E-state index < -0.39 is 17.5 Å². The second kappa shape index (κ2) is 5.79. The van der Waals surface area contributed by atoms with Crippen LogP contribution < -0.4 is 5.32 Å². The number of amides is 1. The van der Waals surface area contributed by atoms with Crippen LogP contribution >= 0.6 is 0 Å². The van der Waals surface area contributed by atoms with Crippen LogP contribution in [0.5, 0.6) is 0 Å². The van der Waals surface area contributed by atoms with Gasteiger partial charge in [0.2, 0.25) is 5.91 Å². The molecular weight excluding hydrogens is 302 g/mol. The first-order valence-electron chi connectivity index (χ1n) is 7.04. The lowest BCUT2D eigenvalue weighted by Gasteiger charge is -2.05. The number of halogens is 2. The van der Waals surface area contributed by atoms with Crippen molar-refractivity contribution in [2.24, 2.45) is 0 Å².